The molecule has 0 aliphatic carbocycles. The van der Waals surface area contributed by atoms with Gasteiger partial charge in [-0.15, -0.1) is 11.3 Å². The monoisotopic (exact) mass is 303 g/mol. The van der Waals surface area contributed by atoms with E-state index >= 15 is 0 Å². The van der Waals surface area contributed by atoms with Gasteiger partial charge in [-0.2, -0.15) is 0 Å². The predicted molar refractivity (Wildman–Crippen MR) is 74.2 cm³/mol. The molecule has 2 amide bonds. The molecule has 1 aromatic rings. The number of hydrogen-bond acceptors (Lipinski definition) is 5. The maximum atomic E-state index is 11.8. The summed E-state index contributed by atoms with van der Waals surface area (Å²) in [6, 6.07) is -0.193. The van der Waals surface area contributed by atoms with Crippen LogP contribution in [0.5, 0.6) is 0 Å². The van der Waals surface area contributed by atoms with Gasteiger partial charge in [-0.05, 0) is 6.92 Å². The molecule has 0 unspecified atom stereocenters. The summed E-state index contributed by atoms with van der Waals surface area (Å²) < 4.78 is 22.5. The van der Waals surface area contributed by atoms with Crippen molar-refractivity contribution >= 4 is 27.2 Å². The van der Waals surface area contributed by atoms with Crippen LogP contribution in [0.1, 0.15) is 10.7 Å². The topological polar surface area (TPSA) is 79.4 Å². The van der Waals surface area contributed by atoms with Crippen LogP contribution in [-0.4, -0.2) is 55.5 Å². The van der Waals surface area contributed by atoms with Gasteiger partial charge in [0.2, 0.25) is 0 Å². The molecule has 1 saturated heterocycles. The first kappa shape index (κ1) is 14.3. The van der Waals surface area contributed by atoms with Crippen molar-refractivity contribution < 1.29 is 13.2 Å². The first-order valence-corrected chi connectivity index (χ1v) is 8.80. The Kier molecular flexibility index (Phi) is 4.41. The summed E-state index contributed by atoms with van der Waals surface area (Å²) in [5.74, 6) is 0.122. The van der Waals surface area contributed by atoms with E-state index in [4.69, 9.17) is 0 Å². The maximum Gasteiger partial charge on any atom is 0.317 e. The number of urea groups is 1. The zero-order valence-electron chi connectivity index (χ0n) is 10.8. The van der Waals surface area contributed by atoms with Crippen LogP contribution in [0.4, 0.5) is 4.79 Å². The van der Waals surface area contributed by atoms with Gasteiger partial charge in [0.1, 0.15) is 0 Å². The van der Waals surface area contributed by atoms with E-state index in [0.29, 0.717) is 13.0 Å². The van der Waals surface area contributed by atoms with Gasteiger partial charge in [0.15, 0.2) is 9.84 Å². The fourth-order valence-electron chi connectivity index (χ4n) is 1.85. The van der Waals surface area contributed by atoms with Gasteiger partial charge in [0.25, 0.3) is 0 Å². The molecular formula is C11H17N3O3S2. The number of carbonyl (C=O) groups is 1. The number of nitrogens with zero attached hydrogens (tertiary/aromatic N) is 2. The molecule has 0 bridgehead atoms. The molecule has 2 rings (SSSR count). The van der Waals surface area contributed by atoms with E-state index in [-0.39, 0.29) is 30.6 Å². The second-order valence-corrected chi connectivity index (χ2v) is 7.84. The Morgan fingerprint density at radius 1 is 1.47 bits per heavy atom. The summed E-state index contributed by atoms with van der Waals surface area (Å²) in [5, 5.41) is 5.79. The van der Waals surface area contributed by atoms with Crippen LogP contribution < -0.4 is 5.32 Å². The molecule has 0 saturated carbocycles. The third-order valence-electron chi connectivity index (χ3n) is 2.96. The third kappa shape index (κ3) is 4.17. The van der Waals surface area contributed by atoms with Crippen LogP contribution in [-0.2, 0) is 16.3 Å². The predicted octanol–water partition coefficient (Wildman–Crippen LogP) is 0.434. The lowest BCUT2D eigenvalue weighted by Crippen LogP contribution is -2.48. The molecule has 1 aromatic heterocycles. The number of thiazole rings is 1. The zero-order valence-corrected chi connectivity index (χ0v) is 12.4. The minimum atomic E-state index is -2.94. The quantitative estimate of drug-likeness (QED) is 0.878. The molecular weight excluding hydrogens is 286 g/mol. The van der Waals surface area contributed by atoms with Crippen molar-refractivity contribution in [1.82, 2.24) is 15.2 Å². The van der Waals surface area contributed by atoms with Gasteiger partial charge in [-0.25, -0.2) is 18.2 Å². The minimum absolute atomic E-state index is 0.0612. The third-order valence-corrected chi connectivity index (χ3v) is 5.39. The fraction of sp³-hybridized carbons (Fsp3) is 0.636. The average Bonchev–Trinajstić information content (AvgIpc) is 2.75. The van der Waals surface area contributed by atoms with Crippen molar-refractivity contribution in [3.8, 4) is 0 Å². The summed E-state index contributed by atoms with van der Waals surface area (Å²) in [6.07, 6.45) is 0.697. The number of hydrogen-bond donors (Lipinski definition) is 1. The molecule has 6 nitrogen and oxygen atoms in total. The van der Waals surface area contributed by atoms with Crippen LogP contribution in [0.3, 0.4) is 0 Å². The summed E-state index contributed by atoms with van der Waals surface area (Å²) in [5.41, 5.74) is 0.976. The van der Waals surface area contributed by atoms with E-state index in [9.17, 15) is 13.2 Å². The number of amides is 2. The van der Waals surface area contributed by atoms with E-state index in [0.717, 1.165) is 10.7 Å². The van der Waals surface area contributed by atoms with Gasteiger partial charge in [0, 0.05) is 31.4 Å². The van der Waals surface area contributed by atoms with Crippen LogP contribution in [0.15, 0.2) is 5.38 Å². The number of carbonyl (C=O) groups excluding carboxylic acids is 1. The van der Waals surface area contributed by atoms with E-state index in [2.05, 4.69) is 10.3 Å². The Bertz CT molecular complexity index is 539. The first-order chi connectivity index (χ1) is 8.96. The van der Waals surface area contributed by atoms with Crippen molar-refractivity contribution in [3.05, 3.63) is 16.1 Å². The largest absolute Gasteiger partial charge is 0.338 e. The average molecular weight is 303 g/mol. The van der Waals surface area contributed by atoms with Gasteiger partial charge in [0.05, 0.1) is 22.2 Å². The van der Waals surface area contributed by atoms with Gasteiger partial charge in [-0.3, -0.25) is 0 Å². The van der Waals surface area contributed by atoms with E-state index in [1.54, 1.807) is 16.2 Å². The smallest absolute Gasteiger partial charge is 0.317 e. The lowest BCUT2D eigenvalue weighted by atomic mass is 10.3. The Balaban J connectivity index is 1.73. The summed E-state index contributed by atoms with van der Waals surface area (Å²) in [7, 11) is -2.94. The summed E-state index contributed by atoms with van der Waals surface area (Å²) in [6.45, 7) is 3.03. The molecule has 1 aliphatic heterocycles. The van der Waals surface area contributed by atoms with Crippen molar-refractivity contribution in [3.63, 3.8) is 0 Å². The SMILES string of the molecule is Cc1nc(CCNC(=O)N2CCS(=O)(=O)CC2)cs1. The van der Waals surface area contributed by atoms with E-state index < -0.39 is 9.84 Å². The number of nitrogens with one attached hydrogen (secondary N) is 1. The fourth-order valence-corrected chi connectivity index (χ4v) is 3.70. The Hall–Kier alpha value is -1.15. The molecule has 1 fully saturated rings. The van der Waals surface area contributed by atoms with Gasteiger partial charge < -0.3 is 10.2 Å². The molecule has 1 N–H and O–H groups in total. The van der Waals surface area contributed by atoms with Gasteiger partial charge >= 0.3 is 6.03 Å². The number of aromatic nitrogens is 1. The van der Waals surface area contributed by atoms with E-state index in [1.807, 2.05) is 12.3 Å². The molecule has 0 radical (unpaired) electrons. The Morgan fingerprint density at radius 3 is 2.74 bits per heavy atom. The first-order valence-electron chi connectivity index (χ1n) is 6.10. The van der Waals surface area contributed by atoms with Crippen LogP contribution in [0.2, 0.25) is 0 Å². The molecule has 0 spiro atoms. The van der Waals surface area contributed by atoms with Crippen LogP contribution >= 0.6 is 11.3 Å². The molecule has 2 heterocycles. The Labute approximate surface area is 116 Å². The minimum Gasteiger partial charge on any atom is -0.338 e. The normalized spacial score (nSPS) is 18.3. The highest BCUT2D eigenvalue weighted by molar-refractivity contribution is 7.91. The molecule has 0 atom stereocenters. The highest BCUT2D eigenvalue weighted by Gasteiger charge is 2.24. The highest BCUT2D eigenvalue weighted by Crippen LogP contribution is 2.08. The number of sulfone groups is 1. The van der Waals surface area contributed by atoms with E-state index in [1.165, 1.54) is 0 Å². The van der Waals surface area contributed by atoms with Crippen molar-refractivity contribution in [2.45, 2.75) is 13.3 Å². The second kappa shape index (κ2) is 5.87. The molecule has 19 heavy (non-hydrogen) atoms. The summed E-state index contributed by atoms with van der Waals surface area (Å²) in [4.78, 5) is 17.7. The highest BCUT2D eigenvalue weighted by atomic mass is 32.2. The summed E-state index contributed by atoms with van der Waals surface area (Å²) >= 11 is 1.59. The molecule has 1 aliphatic rings. The lowest BCUT2D eigenvalue weighted by molar-refractivity contribution is 0.202. The van der Waals surface area contributed by atoms with Crippen molar-refractivity contribution in [2.75, 3.05) is 31.1 Å². The number of rotatable bonds is 3. The molecule has 106 valence electrons. The Morgan fingerprint density at radius 2 is 2.16 bits per heavy atom. The standard InChI is InChI=1S/C11H17N3O3S2/c1-9-13-10(8-18-9)2-3-12-11(15)14-4-6-19(16,17)7-5-14/h8H,2-7H2,1H3,(H,12,15). The van der Waals surface area contributed by atoms with Crippen LogP contribution in [0.25, 0.3) is 0 Å². The second-order valence-electron chi connectivity index (χ2n) is 4.48. The maximum absolute atomic E-state index is 11.8. The van der Waals surface area contributed by atoms with Crippen LogP contribution in [0, 0.1) is 6.92 Å². The van der Waals surface area contributed by atoms with Crippen molar-refractivity contribution in [2.24, 2.45) is 0 Å². The zero-order chi connectivity index (χ0) is 13.9. The molecule has 8 heteroatoms. The number of aryl methyl sites for hydroxylation is 1. The van der Waals surface area contributed by atoms with Crippen molar-refractivity contribution in [1.29, 1.82) is 0 Å². The van der Waals surface area contributed by atoms with Gasteiger partial charge in [-0.1, -0.05) is 0 Å². The lowest BCUT2D eigenvalue weighted by Gasteiger charge is -2.26. The molecule has 0 aromatic carbocycles.